The molecule has 6 nitrogen and oxygen atoms in total. The lowest BCUT2D eigenvalue weighted by atomic mass is 9.88. The summed E-state index contributed by atoms with van der Waals surface area (Å²) in [5.74, 6) is 2.34. The predicted octanol–water partition coefficient (Wildman–Crippen LogP) is 5.74. The summed E-state index contributed by atoms with van der Waals surface area (Å²) in [6.45, 7) is 4.61. The Kier molecular flexibility index (Phi) is 8.75. The number of aliphatic hydroxyl groups is 1. The van der Waals surface area contributed by atoms with Crippen LogP contribution in [0, 0.1) is 6.92 Å². The Labute approximate surface area is 218 Å². The summed E-state index contributed by atoms with van der Waals surface area (Å²) in [6.07, 6.45) is 5.30. The van der Waals surface area contributed by atoms with Gasteiger partial charge in [-0.1, -0.05) is 65.8 Å². The standard InChI is InChI=1S/C29H31N3O3.ClH/c1-21-30-29(35-31-21)13-12-24-7-4-5-9-28(24)34-20-27(33)19-32-16-14-23(15-17-32)26-11-10-22-6-2-3-8-25(22)18-26;/h2-13,18,23,27,33H,14-17,19-20H2,1H3;1H/t27-;/m0./s1. The first-order chi connectivity index (χ1) is 17.1. The maximum absolute atomic E-state index is 10.6. The van der Waals surface area contributed by atoms with E-state index in [0.717, 1.165) is 31.5 Å². The fourth-order valence-electron chi connectivity index (χ4n) is 4.74. The van der Waals surface area contributed by atoms with Crippen LogP contribution in [0.4, 0.5) is 0 Å². The molecule has 1 fully saturated rings. The number of β-amino-alcohol motifs (C(OH)–C–C–N with tert-alkyl or cyclic N) is 1. The van der Waals surface area contributed by atoms with Crippen molar-refractivity contribution in [1.29, 1.82) is 0 Å². The van der Waals surface area contributed by atoms with Gasteiger partial charge in [0.25, 0.3) is 5.89 Å². The van der Waals surface area contributed by atoms with Gasteiger partial charge in [-0.05, 0) is 67.3 Å². The van der Waals surface area contributed by atoms with Gasteiger partial charge in [0.15, 0.2) is 5.82 Å². The smallest absolute Gasteiger partial charge is 0.250 e. The van der Waals surface area contributed by atoms with E-state index in [-0.39, 0.29) is 19.0 Å². The zero-order chi connectivity index (χ0) is 24.0. The van der Waals surface area contributed by atoms with E-state index in [1.807, 2.05) is 30.3 Å². The first-order valence-corrected chi connectivity index (χ1v) is 12.2. The molecular weight excluding hydrogens is 474 g/mol. The van der Waals surface area contributed by atoms with Gasteiger partial charge in [0.05, 0.1) is 0 Å². The normalized spacial score (nSPS) is 15.7. The maximum Gasteiger partial charge on any atom is 0.250 e. The van der Waals surface area contributed by atoms with Crippen molar-refractivity contribution in [3.8, 4) is 5.75 Å². The Bertz CT molecular complexity index is 1300. The van der Waals surface area contributed by atoms with Crippen molar-refractivity contribution in [1.82, 2.24) is 15.0 Å². The summed E-state index contributed by atoms with van der Waals surface area (Å²) in [4.78, 5) is 6.52. The summed E-state index contributed by atoms with van der Waals surface area (Å²) < 4.78 is 11.1. The van der Waals surface area contributed by atoms with E-state index in [1.165, 1.54) is 16.3 Å². The number of rotatable bonds is 8. The topological polar surface area (TPSA) is 71.6 Å². The van der Waals surface area contributed by atoms with Crippen LogP contribution in [0.5, 0.6) is 5.75 Å². The number of likely N-dealkylation sites (tertiary alicyclic amines) is 1. The van der Waals surface area contributed by atoms with E-state index in [2.05, 4.69) is 57.5 Å². The van der Waals surface area contributed by atoms with Crippen molar-refractivity contribution in [2.75, 3.05) is 26.2 Å². The molecule has 5 rings (SSSR count). The Morgan fingerprint density at radius 2 is 1.78 bits per heavy atom. The number of hydrogen-bond acceptors (Lipinski definition) is 6. The highest BCUT2D eigenvalue weighted by Gasteiger charge is 2.22. The van der Waals surface area contributed by atoms with Crippen LogP contribution in [0.1, 0.15) is 41.6 Å². The zero-order valence-corrected chi connectivity index (χ0v) is 21.2. The molecule has 1 aliphatic heterocycles. The van der Waals surface area contributed by atoms with Crippen LogP contribution >= 0.6 is 12.4 Å². The van der Waals surface area contributed by atoms with Crippen molar-refractivity contribution in [3.63, 3.8) is 0 Å². The van der Waals surface area contributed by atoms with Crippen molar-refractivity contribution >= 4 is 35.3 Å². The highest BCUT2D eigenvalue weighted by Crippen LogP contribution is 2.30. The van der Waals surface area contributed by atoms with Crippen LogP contribution < -0.4 is 4.74 Å². The molecule has 0 amide bonds. The summed E-state index contributed by atoms with van der Waals surface area (Å²) in [6, 6.07) is 23.1. The van der Waals surface area contributed by atoms with Gasteiger partial charge < -0.3 is 19.3 Å². The fourth-order valence-corrected chi connectivity index (χ4v) is 4.74. The quantitative estimate of drug-likeness (QED) is 0.329. The number of aromatic nitrogens is 2. The minimum Gasteiger partial charge on any atom is -0.490 e. The molecule has 0 saturated carbocycles. The molecule has 1 N–H and O–H groups in total. The van der Waals surface area contributed by atoms with Gasteiger partial charge in [0.1, 0.15) is 18.5 Å². The zero-order valence-electron chi connectivity index (χ0n) is 20.4. The van der Waals surface area contributed by atoms with E-state index in [1.54, 1.807) is 13.0 Å². The average Bonchev–Trinajstić information content (AvgIpc) is 3.32. The van der Waals surface area contributed by atoms with Crippen LogP contribution in [0.2, 0.25) is 0 Å². The first kappa shape index (κ1) is 25.9. The van der Waals surface area contributed by atoms with Crippen LogP contribution in [-0.2, 0) is 0 Å². The van der Waals surface area contributed by atoms with Gasteiger partial charge in [-0.3, -0.25) is 0 Å². The highest BCUT2D eigenvalue weighted by molar-refractivity contribution is 5.85. The van der Waals surface area contributed by atoms with Gasteiger partial charge >= 0.3 is 0 Å². The highest BCUT2D eigenvalue weighted by atomic mass is 35.5. The third-order valence-corrected chi connectivity index (χ3v) is 6.60. The molecule has 3 aromatic carbocycles. The molecule has 0 aliphatic carbocycles. The Hall–Kier alpha value is -3.19. The Morgan fingerprint density at radius 1 is 1.03 bits per heavy atom. The second kappa shape index (κ2) is 12.2. The molecule has 2 heterocycles. The minimum absolute atomic E-state index is 0. The molecular formula is C29H32ClN3O3. The predicted molar refractivity (Wildman–Crippen MR) is 146 cm³/mol. The number of piperidine rings is 1. The number of aliphatic hydroxyl groups excluding tert-OH is 1. The van der Waals surface area contributed by atoms with E-state index < -0.39 is 6.10 Å². The average molecular weight is 506 g/mol. The van der Waals surface area contributed by atoms with E-state index in [0.29, 0.717) is 29.9 Å². The van der Waals surface area contributed by atoms with Crippen LogP contribution in [0.15, 0.2) is 71.3 Å². The SMILES string of the molecule is Cc1noc(C=Cc2ccccc2OC[C@@H](O)CN2CCC(c3ccc4ccccc4c3)CC2)n1.Cl. The van der Waals surface area contributed by atoms with Gasteiger partial charge in [0.2, 0.25) is 0 Å². The molecule has 7 heteroatoms. The number of para-hydroxylation sites is 1. The molecule has 1 atom stereocenters. The van der Waals surface area contributed by atoms with Crippen LogP contribution in [0.25, 0.3) is 22.9 Å². The summed E-state index contributed by atoms with van der Waals surface area (Å²) in [5.41, 5.74) is 2.32. The lowest BCUT2D eigenvalue weighted by Gasteiger charge is -2.33. The minimum atomic E-state index is -0.553. The number of aryl methyl sites for hydroxylation is 1. The van der Waals surface area contributed by atoms with Crippen molar-refractivity contribution in [2.45, 2.75) is 31.8 Å². The number of benzene rings is 3. The Morgan fingerprint density at radius 3 is 2.56 bits per heavy atom. The molecule has 4 aromatic rings. The van der Waals surface area contributed by atoms with E-state index in [9.17, 15) is 5.11 Å². The van der Waals surface area contributed by atoms with E-state index in [4.69, 9.17) is 9.26 Å². The summed E-state index contributed by atoms with van der Waals surface area (Å²) in [7, 11) is 0. The Balaban J connectivity index is 0.00000304. The lowest BCUT2D eigenvalue weighted by molar-refractivity contribution is 0.0594. The molecule has 1 aliphatic rings. The van der Waals surface area contributed by atoms with Gasteiger partial charge in [0, 0.05) is 18.2 Å². The number of ether oxygens (including phenoxy) is 1. The molecule has 0 unspecified atom stereocenters. The number of halogens is 1. The lowest BCUT2D eigenvalue weighted by Crippen LogP contribution is -2.40. The van der Waals surface area contributed by atoms with Gasteiger partial charge in [-0.2, -0.15) is 4.98 Å². The molecule has 1 saturated heterocycles. The first-order valence-electron chi connectivity index (χ1n) is 12.2. The number of hydrogen-bond donors (Lipinski definition) is 1. The second-order valence-corrected chi connectivity index (χ2v) is 9.20. The molecule has 188 valence electrons. The third kappa shape index (κ3) is 6.52. The number of fused-ring (bicyclic) bond motifs is 1. The largest absolute Gasteiger partial charge is 0.490 e. The van der Waals surface area contributed by atoms with Crippen LogP contribution in [0.3, 0.4) is 0 Å². The third-order valence-electron chi connectivity index (χ3n) is 6.60. The maximum atomic E-state index is 10.6. The van der Waals surface area contributed by atoms with Crippen molar-refractivity contribution < 1.29 is 14.4 Å². The molecule has 0 radical (unpaired) electrons. The molecule has 0 bridgehead atoms. The monoisotopic (exact) mass is 505 g/mol. The van der Waals surface area contributed by atoms with Gasteiger partial charge in [-0.15, -0.1) is 12.4 Å². The second-order valence-electron chi connectivity index (χ2n) is 9.20. The van der Waals surface area contributed by atoms with Gasteiger partial charge in [-0.25, -0.2) is 0 Å². The summed E-state index contributed by atoms with van der Waals surface area (Å²) >= 11 is 0. The summed E-state index contributed by atoms with van der Waals surface area (Å²) in [5, 5.41) is 17.0. The fraction of sp³-hybridized carbons (Fsp3) is 0.310. The van der Waals surface area contributed by atoms with Crippen molar-refractivity contribution in [3.05, 3.63) is 89.6 Å². The van der Waals surface area contributed by atoms with E-state index >= 15 is 0 Å². The molecule has 36 heavy (non-hydrogen) atoms. The van der Waals surface area contributed by atoms with Crippen LogP contribution in [-0.4, -0.2) is 52.5 Å². The molecule has 1 aromatic heterocycles. The number of nitrogens with zero attached hydrogens (tertiary/aromatic N) is 3. The van der Waals surface area contributed by atoms with Crippen molar-refractivity contribution in [2.24, 2.45) is 0 Å². The molecule has 0 spiro atoms.